The van der Waals surface area contributed by atoms with E-state index in [0.29, 0.717) is 10.0 Å². The van der Waals surface area contributed by atoms with Gasteiger partial charge in [0.25, 0.3) is 5.91 Å². The van der Waals surface area contributed by atoms with E-state index < -0.39 is 0 Å². The van der Waals surface area contributed by atoms with Crippen LogP contribution in [0, 0.1) is 12.7 Å². The van der Waals surface area contributed by atoms with Gasteiger partial charge in [-0.1, -0.05) is 25.1 Å². The number of benzene rings is 2. The second-order valence-corrected chi connectivity index (χ2v) is 5.40. The van der Waals surface area contributed by atoms with E-state index in [4.69, 9.17) is 0 Å². The summed E-state index contributed by atoms with van der Waals surface area (Å²) in [7, 11) is 0. The average molecular weight is 336 g/mol. The lowest BCUT2D eigenvalue weighted by Gasteiger charge is -2.13. The first-order chi connectivity index (χ1) is 9.52. The van der Waals surface area contributed by atoms with Crippen molar-refractivity contribution < 1.29 is 9.18 Å². The molecule has 0 atom stereocenters. The first kappa shape index (κ1) is 14.7. The molecule has 4 heteroatoms. The molecule has 0 radical (unpaired) electrons. The van der Waals surface area contributed by atoms with E-state index in [1.807, 2.05) is 32.0 Å². The van der Waals surface area contributed by atoms with Crippen LogP contribution < -0.4 is 5.32 Å². The van der Waals surface area contributed by atoms with Crippen LogP contribution in [0.1, 0.15) is 28.4 Å². The zero-order valence-electron chi connectivity index (χ0n) is 11.3. The van der Waals surface area contributed by atoms with Crippen molar-refractivity contribution in [1.82, 2.24) is 0 Å². The fourth-order valence-electron chi connectivity index (χ4n) is 2.06. The van der Waals surface area contributed by atoms with Gasteiger partial charge in [0.1, 0.15) is 5.82 Å². The molecule has 0 bridgehead atoms. The quantitative estimate of drug-likeness (QED) is 0.864. The van der Waals surface area contributed by atoms with Gasteiger partial charge < -0.3 is 5.32 Å². The summed E-state index contributed by atoms with van der Waals surface area (Å²) in [6.07, 6.45) is 0.835. The fourth-order valence-corrected chi connectivity index (χ4v) is 2.59. The number of para-hydroxylation sites is 1. The standard InChI is InChI=1S/C16H15BrFNO/c1-3-11-6-4-5-10(2)15(11)19-16(20)13-8-7-12(18)9-14(13)17/h4-9H,3H2,1-2H3,(H,19,20). The SMILES string of the molecule is CCc1cccc(C)c1NC(=O)c1ccc(F)cc1Br. The van der Waals surface area contributed by atoms with Crippen molar-refractivity contribution in [1.29, 1.82) is 0 Å². The van der Waals surface area contributed by atoms with Gasteiger partial charge >= 0.3 is 0 Å². The summed E-state index contributed by atoms with van der Waals surface area (Å²) in [6, 6.07) is 9.94. The summed E-state index contributed by atoms with van der Waals surface area (Å²) < 4.78 is 13.5. The lowest BCUT2D eigenvalue weighted by molar-refractivity contribution is 0.102. The van der Waals surface area contributed by atoms with Crippen molar-refractivity contribution in [3.8, 4) is 0 Å². The number of halogens is 2. The van der Waals surface area contributed by atoms with Gasteiger partial charge in [-0.25, -0.2) is 4.39 Å². The third kappa shape index (κ3) is 3.07. The zero-order chi connectivity index (χ0) is 14.7. The molecule has 0 spiro atoms. The van der Waals surface area contributed by atoms with Crippen LogP contribution >= 0.6 is 15.9 Å². The summed E-state index contributed by atoms with van der Waals surface area (Å²) >= 11 is 3.21. The summed E-state index contributed by atoms with van der Waals surface area (Å²) in [5, 5.41) is 2.91. The smallest absolute Gasteiger partial charge is 0.256 e. The Kier molecular flexibility index (Phi) is 4.55. The zero-order valence-corrected chi connectivity index (χ0v) is 12.9. The van der Waals surface area contributed by atoms with Gasteiger partial charge in [0.15, 0.2) is 0 Å². The highest BCUT2D eigenvalue weighted by molar-refractivity contribution is 9.10. The van der Waals surface area contributed by atoms with Crippen LogP contribution in [0.4, 0.5) is 10.1 Å². The summed E-state index contributed by atoms with van der Waals surface area (Å²) in [5.74, 6) is -0.626. The summed E-state index contributed by atoms with van der Waals surface area (Å²) in [5.41, 5.74) is 3.33. The molecule has 1 amide bonds. The third-order valence-electron chi connectivity index (χ3n) is 3.15. The Labute approximate surface area is 126 Å². The molecule has 0 unspecified atom stereocenters. The lowest BCUT2D eigenvalue weighted by atomic mass is 10.1. The minimum atomic E-state index is -0.376. The van der Waals surface area contributed by atoms with E-state index in [-0.39, 0.29) is 11.7 Å². The van der Waals surface area contributed by atoms with Gasteiger partial charge in [0.05, 0.1) is 5.56 Å². The number of hydrogen-bond acceptors (Lipinski definition) is 1. The Morgan fingerprint density at radius 1 is 1.30 bits per heavy atom. The monoisotopic (exact) mass is 335 g/mol. The number of carbonyl (C=O) groups is 1. The van der Waals surface area contributed by atoms with E-state index in [0.717, 1.165) is 23.2 Å². The normalized spacial score (nSPS) is 10.4. The maximum atomic E-state index is 13.1. The lowest BCUT2D eigenvalue weighted by Crippen LogP contribution is -2.15. The number of nitrogens with one attached hydrogen (secondary N) is 1. The molecule has 2 aromatic carbocycles. The molecule has 0 heterocycles. The van der Waals surface area contributed by atoms with Gasteiger partial charge in [0.2, 0.25) is 0 Å². The minimum Gasteiger partial charge on any atom is -0.321 e. The molecule has 20 heavy (non-hydrogen) atoms. The van der Waals surface area contributed by atoms with E-state index in [1.54, 1.807) is 0 Å². The molecule has 1 N–H and O–H groups in total. The molecule has 104 valence electrons. The van der Waals surface area contributed by atoms with Crippen molar-refractivity contribution >= 4 is 27.5 Å². The first-order valence-corrected chi connectivity index (χ1v) is 7.17. The molecule has 0 saturated heterocycles. The molecular formula is C16H15BrFNO. The van der Waals surface area contributed by atoms with Crippen LogP contribution in [-0.2, 0) is 6.42 Å². The van der Waals surface area contributed by atoms with Crippen molar-refractivity contribution in [3.05, 3.63) is 63.4 Å². The number of rotatable bonds is 3. The fraction of sp³-hybridized carbons (Fsp3) is 0.188. The predicted octanol–water partition coefficient (Wildman–Crippen LogP) is 4.71. The molecule has 0 aliphatic carbocycles. The van der Waals surface area contributed by atoms with Crippen LogP contribution in [0.5, 0.6) is 0 Å². The third-order valence-corrected chi connectivity index (χ3v) is 3.81. The molecule has 2 rings (SSSR count). The summed E-state index contributed by atoms with van der Waals surface area (Å²) in [4.78, 5) is 12.3. The maximum absolute atomic E-state index is 13.1. The summed E-state index contributed by atoms with van der Waals surface area (Å²) in [6.45, 7) is 3.99. The van der Waals surface area contributed by atoms with Crippen molar-refractivity contribution in [2.24, 2.45) is 0 Å². The Bertz CT molecular complexity index is 655. The largest absolute Gasteiger partial charge is 0.321 e. The minimum absolute atomic E-state index is 0.249. The second-order valence-electron chi connectivity index (χ2n) is 4.54. The molecule has 2 aromatic rings. The van der Waals surface area contributed by atoms with Gasteiger partial charge in [-0.05, 0) is 58.6 Å². The molecule has 2 nitrogen and oxygen atoms in total. The van der Waals surface area contributed by atoms with E-state index in [9.17, 15) is 9.18 Å². The molecule has 0 fully saturated rings. The topological polar surface area (TPSA) is 29.1 Å². The van der Waals surface area contributed by atoms with Crippen LogP contribution in [0.25, 0.3) is 0 Å². The molecule has 0 aliphatic heterocycles. The molecule has 0 aromatic heterocycles. The van der Waals surface area contributed by atoms with Gasteiger partial charge in [-0.3, -0.25) is 4.79 Å². The number of amides is 1. The average Bonchev–Trinajstić information content (AvgIpc) is 2.40. The molecule has 0 saturated carbocycles. The van der Waals surface area contributed by atoms with Crippen molar-refractivity contribution in [3.63, 3.8) is 0 Å². The highest BCUT2D eigenvalue weighted by Gasteiger charge is 2.13. The highest BCUT2D eigenvalue weighted by atomic mass is 79.9. The Balaban J connectivity index is 2.33. The highest BCUT2D eigenvalue weighted by Crippen LogP contribution is 2.24. The van der Waals surface area contributed by atoms with Crippen molar-refractivity contribution in [2.75, 3.05) is 5.32 Å². The predicted molar refractivity (Wildman–Crippen MR) is 82.6 cm³/mol. The Hall–Kier alpha value is -1.68. The van der Waals surface area contributed by atoms with Crippen molar-refractivity contribution in [2.45, 2.75) is 20.3 Å². The van der Waals surface area contributed by atoms with Crippen LogP contribution in [0.3, 0.4) is 0 Å². The number of carbonyl (C=O) groups excluding carboxylic acids is 1. The van der Waals surface area contributed by atoms with E-state index in [2.05, 4.69) is 21.2 Å². The van der Waals surface area contributed by atoms with Gasteiger partial charge in [-0.2, -0.15) is 0 Å². The number of aryl methyl sites for hydroxylation is 2. The number of hydrogen-bond donors (Lipinski definition) is 1. The maximum Gasteiger partial charge on any atom is 0.256 e. The first-order valence-electron chi connectivity index (χ1n) is 6.37. The van der Waals surface area contributed by atoms with Crippen LogP contribution in [0.15, 0.2) is 40.9 Å². The Morgan fingerprint density at radius 3 is 2.70 bits per heavy atom. The van der Waals surface area contributed by atoms with Gasteiger partial charge in [0, 0.05) is 10.2 Å². The Morgan fingerprint density at radius 2 is 2.05 bits per heavy atom. The second kappa shape index (κ2) is 6.18. The van der Waals surface area contributed by atoms with E-state index in [1.165, 1.54) is 18.2 Å². The van der Waals surface area contributed by atoms with Gasteiger partial charge in [-0.15, -0.1) is 0 Å². The van der Waals surface area contributed by atoms with Crippen LogP contribution in [0.2, 0.25) is 0 Å². The van der Waals surface area contributed by atoms with E-state index >= 15 is 0 Å². The number of anilines is 1. The van der Waals surface area contributed by atoms with Crippen LogP contribution in [-0.4, -0.2) is 5.91 Å². The molecule has 0 aliphatic rings. The molecular weight excluding hydrogens is 321 g/mol.